The standard InChI is InChI=1S/C10H11ClF3NO2/c1-7-2-3-9(8(6-11)15-7)16-4-5-17-10(12,13)14/h2-3H,4-6H2,1H3. The summed E-state index contributed by atoms with van der Waals surface area (Å²) in [7, 11) is 0. The first-order valence-corrected chi connectivity index (χ1v) is 5.32. The molecule has 96 valence electrons. The lowest BCUT2D eigenvalue weighted by atomic mass is 10.3. The van der Waals surface area contributed by atoms with Crippen molar-refractivity contribution in [3.05, 3.63) is 23.5 Å². The van der Waals surface area contributed by atoms with Crippen molar-refractivity contribution in [1.29, 1.82) is 0 Å². The first kappa shape index (κ1) is 14.1. The Morgan fingerprint density at radius 1 is 1.29 bits per heavy atom. The number of ether oxygens (including phenoxy) is 2. The van der Waals surface area contributed by atoms with Crippen molar-refractivity contribution in [3.8, 4) is 5.75 Å². The van der Waals surface area contributed by atoms with E-state index < -0.39 is 13.0 Å². The molecule has 0 spiro atoms. The maximum absolute atomic E-state index is 11.7. The maximum Gasteiger partial charge on any atom is 0.522 e. The van der Waals surface area contributed by atoms with Gasteiger partial charge in [0.05, 0.1) is 18.2 Å². The minimum atomic E-state index is -4.63. The van der Waals surface area contributed by atoms with E-state index in [9.17, 15) is 13.2 Å². The van der Waals surface area contributed by atoms with Gasteiger partial charge in [0.2, 0.25) is 0 Å². The molecule has 3 nitrogen and oxygen atoms in total. The number of aromatic nitrogens is 1. The number of hydrogen-bond acceptors (Lipinski definition) is 3. The molecule has 1 aromatic heterocycles. The van der Waals surface area contributed by atoms with Crippen LogP contribution >= 0.6 is 11.6 Å². The normalized spacial score (nSPS) is 11.6. The maximum atomic E-state index is 11.7. The Morgan fingerprint density at radius 3 is 2.59 bits per heavy atom. The van der Waals surface area contributed by atoms with Crippen molar-refractivity contribution >= 4 is 11.6 Å². The summed E-state index contributed by atoms with van der Waals surface area (Å²) in [4.78, 5) is 4.10. The van der Waals surface area contributed by atoms with Gasteiger partial charge in [0, 0.05) is 5.69 Å². The van der Waals surface area contributed by atoms with Crippen LogP contribution in [0.25, 0.3) is 0 Å². The van der Waals surface area contributed by atoms with Crippen LogP contribution < -0.4 is 4.74 Å². The SMILES string of the molecule is Cc1ccc(OCCOC(F)(F)F)c(CCl)n1. The fourth-order valence-corrected chi connectivity index (χ4v) is 1.33. The first-order valence-electron chi connectivity index (χ1n) is 4.78. The second-order valence-electron chi connectivity index (χ2n) is 3.17. The third kappa shape index (κ3) is 5.23. The highest BCUT2D eigenvalue weighted by molar-refractivity contribution is 6.17. The molecule has 17 heavy (non-hydrogen) atoms. The Labute approximate surface area is 102 Å². The zero-order chi connectivity index (χ0) is 12.9. The smallest absolute Gasteiger partial charge is 0.489 e. The molecule has 1 rings (SSSR count). The zero-order valence-corrected chi connectivity index (χ0v) is 9.81. The van der Waals surface area contributed by atoms with E-state index in [1.807, 2.05) is 0 Å². The Balaban J connectivity index is 2.46. The average molecular weight is 270 g/mol. The van der Waals surface area contributed by atoms with Crippen LogP contribution in [0, 0.1) is 6.92 Å². The number of hydrogen-bond donors (Lipinski definition) is 0. The minimum Gasteiger partial charge on any atom is -0.489 e. The predicted octanol–water partition coefficient (Wildman–Crippen LogP) is 3.04. The molecule has 0 bridgehead atoms. The van der Waals surface area contributed by atoms with E-state index in [0.29, 0.717) is 11.4 Å². The van der Waals surface area contributed by atoms with E-state index in [0.717, 1.165) is 5.69 Å². The summed E-state index contributed by atoms with van der Waals surface area (Å²) in [5.41, 5.74) is 1.26. The van der Waals surface area contributed by atoms with Crippen LogP contribution in [0.1, 0.15) is 11.4 Å². The van der Waals surface area contributed by atoms with Crippen LogP contribution in [-0.2, 0) is 10.6 Å². The van der Waals surface area contributed by atoms with Crippen molar-refractivity contribution in [1.82, 2.24) is 4.98 Å². The molecule has 0 atom stereocenters. The van der Waals surface area contributed by atoms with Gasteiger partial charge in [0.1, 0.15) is 12.4 Å². The summed E-state index contributed by atoms with van der Waals surface area (Å²) in [5.74, 6) is 0.508. The molecule has 0 fully saturated rings. The highest BCUT2D eigenvalue weighted by Crippen LogP contribution is 2.19. The summed E-state index contributed by atoms with van der Waals surface area (Å²) in [6.45, 7) is 1.000. The molecule has 7 heteroatoms. The quantitative estimate of drug-likeness (QED) is 0.608. The van der Waals surface area contributed by atoms with Gasteiger partial charge in [-0.3, -0.25) is 9.72 Å². The Morgan fingerprint density at radius 2 is 2.00 bits per heavy atom. The van der Waals surface area contributed by atoms with Gasteiger partial charge in [-0.05, 0) is 19.1 Å². The van der Waals surface area contributed by atoms with Crippen LogP contribution in [0.4, 0.5) is 13.2 Å². The first-order chi connectivity index (χ1) is 7.92. The largest absolute Gasteiger partial charge is 0.522 e. The Bertz CT molecular complexity index is 371. The molecular weight excluding hydrogens is 259 g/mol. The van der Waals surface area contributed by atoms with Gasteiger partial charge in [-0.1, -0.05) is 0 Å². The molecular formula is C10H11ClF3NO2. The number of rotatable bonds is 5. The molecule has 0 aliphatic carbocycles. The average Bonchev–Trinajstić information content (AvgIpc) is 2.24. The number of pyridine rings is 1. The number of alkyl halides is 4. The summed E-state index contributed by atoms with van der Waals surface area (Å²) in [6, 6.07) is 3.31. The molecule has 0 aliphatic rings. The molecule has 1 heterocycles. The second-order valence-corrected chi connectivity index (χ2v) is 3.44. The molecule has 0 saturated heterocycles. The topological polar surface area (TPSA) is 31.4 Å². The van der Waals surface area contributed by atoms with Crippen LogP contribution in [0.15, 0.2) is 12.1 Å². The van der Waals surface area contributed by atoms with Crippen molar-refractivity contribution in [3.63, 3.8) is 0 Å². The number of nitrogens with zero attached hydrogens (tertiary/aromatic N) is 1. The van der Waals surface area contributed by atoms with E-state index in [4.69, 9.17) is 16.3 Å². The van der Waals surface area contributed by atoms with Crippen LogP contribution in [0.2, 0.25) is 0 Å². The Kier molecular flexibility index (Phi) is 5.02. The van der Waals surface area contributed by atoms with Gasteiger partial charge >= 0.3 is 6.36 Å². The van der Waals surface area contributed by atoms with E-state index >= 15 is 0 Å². The van der Waals surface area contributed by atoms with Crippen LogP contribution in [0.3, 0.4) is 0 Å². The molecule has 0 saturated carbocycles. The lowest BCUT2D eigenvalue weighted by molar-refractivity contribution is -0.325. The predicted molar refractivity (Wildman–Crippen MR) is 56.0 cm³/mol. The summed E-state index contributed by atoms with van der Waals surface area (Å²) in [5, 5.41) is 0. The molecule has 1 aromatic rings. The third-order valence-electron chi connectivity index (χ3n) is 1.80. The molecule has 0 N–H and O–H groups in total. The number of halogens is 4. The molecule has 0 aliphatic heterocycles. The fraction of sp³-hybridized carbons (Fsp3) is 0.500. The van der Waals surface area contributed by atoms with Crippen LogP contribution in [0.5, 0.6) is 5.75 Å². The lowest BCUT2D eigenvalue weighted by Crippen LogP contribution is -2.18. The summed E-state index contributed by atoms with van der Waals surface area (Å²) in [6.07, 6.45) is -4.63. The van der Waals surface area contributed by atoms with Gasteiger partial charge < -0.3 is 4.74 Å². The van der Waals surface area contributed by atoms with E-state index in [2.05, 4.69) is 9.72 Å². The van der Waals surface area contributed by atoms with Crippen LogP contribution in [-0.4, -0.2) is 24.6 Å². The van der Waals surface area contributed by atoms with Gasteiger partial charge in [0.25, 0.3) is 0 Å². The van der Waals surface area contributed by atoms with Crippen molar-refractivity contribution in [2.75, 3.05) is 13.2 Å². The van der Waals surface area contributed by atoms with Gasteiger partial charge in [-0.2, -0.15) is 0 Å². The van der Waals surface area contributed by atoms with Crippen molar-refractivity contribution < 1.29 is 22.6 Å². The highest BCUT2D eigenvalue weighted by Gasteiger charge is 2.28. The summed E-state index contributed by atoms with van der Waals surface area (Å²) < 4.78 is 43.7. The second kappa shape index (κ2) is 6.07. The molecule has 0 radical (unpaired) electrons. The fourth-order valence-electron chi connectivity index (χ4n) is 1.13. The Hall–Kier alpha value is -1.01. The monoisotopic (exact) mass is 269 g/mol. The molecule has 0 amide bonds. The van der Waals surface area contributed by atoms with Gasteiger partial charge in [-0.25, -0.2) is 0 Å². The highest BCUT2D eigenvalue weighted by atomic mass is 35.5. The molecule has 0 aromatic carbocycles. The van der Waals surface area contributed by atoms with Crippen molar-refractivity contribution in [2.24, 2.45) is 0 Å². The molecule has 0 unspecified atom stereocenters. The van der Waals surface area contributed by atoms with Gasteiger partial charge in [0.15, 0.2) is 0 Å². The summed E-state index contributed by atoms with van der Waals surface area (Å²) >= 11 is 5.64. The third-order valence-corrected chi connectivity index (χ3v) is 2.06. The van der Waals surface area contributed by atoms with Gasteiger partial charge in [-0.15, -0.1) is 24.8 Å². The number of aryl methyl sites for hydroxylation is 1. The zero-order valence-electron chi connectivity index (χ0n) is 9.05. The lowest BCUT2D eigenvalue weighted by Gasteiger charge is -2.11. The van der Waals surface area contributed by atoms with E-state index in [-0.39, 0.29) is 12.5 Å². The van der Waals surface area contributed by atoms with E-state index in [1.165, 1.54) is 0 Å². The van der Waals surface area contributed by atoms with Crippen molar-refractivity contribution in [2.45, 2.75) is 19.2 Å². The van der Waals surface area contributed by atoms with E-state index in [1.54, 1.807) is 19.1 Å². The minimum absolute atomic E-state index is 0.136.